The number of aryl methyl sites for hydroxylation is 1. The van der Waals surface area contributed by atoms with Crippen LogP contribution in [0.3, 0.4) is 0 Å². The Balaban J connectivity index is 2.09. The van der Waals surface area contributed by atoms with Gasteiger partial charge in [-0.15, -0.1) is 0 Å². The van der Waals surface area contributed by atoms with Crippen molar-refractivity contribution < 1.29 is 4.79 Å². The molecule has 2 N–H and O–H groups in total. The number of carbonyl (C=O) groups excluding carboxylic acids is 1. The molecule has 0 spiro atoms. The summed E-state index contributed by atoms with van der Waals surface area (Å²) in [4.78, 5) is 23.5. The highest BCUT2D eigenvalue weighted by atomic mass is 16.2. The van der Waals surface area contributed by atoms with E-state index in [1.165, 1.54) is 6.07 Å². The molecule has 0 radical (unpaired) electrons. The SMILES string of the molecule is CCn1cc(NC(=O)C2NCCC2C)ccc1=O. The number of hydrogen-bond donors (Lipinski definition) is 2. The molecule has 1 aromatic heterocycles. The number of pyridine rings is 1. The number of hydrogen-bond acceptors (Lipinski definition) is 3. The molecule has 5 heteroatoms. The lowest BCUT2D eigenvalue weighted by atomic mass is 10.0. The van der Waals surface area contributed by atoms with Crippen LogP contribution in [0.5, 0.6) is 0 Å². The number of nitrogens with one attached hydrogen (secondary N) is 2. The van der Waals surface area contributed by atoms with E-state index in [0.717, 1.165) is 13.0 Å². The number of aromatic nitrogens is 1. The fourth-order valence-corrected chi connectivity index (χ4v) is 2.26. The highest BCUT2D eigenvalue weighted by Gasteiger charge is 2.29. The highest BCUT2D eigenvalue weighted by Crippen LogP contribution is 2.16. The van der Waals surface area contributed by atoms with E-state index in [0.29, 0.717) is 18.2 Å². The lowest BCUT2D eigenvalue weighted by molar-refractivity contribution is -0.118. The first kappa shape index (κ1) is 12.8. The minimum Gasteiger partial charge on any atom is -0.323 e. The van der Waals surface area contributed by atoms with Crippen molar-refractivity contribution >= 4 is 11.6 Å². The zero-order valence-corrected chi connectivity index (χ0v) is 10.8. The summed E-state index contributed by atoms with van der Waals surface area (Å²) >= 11 is 0. The van der Waals surface area contributed by atoms with Gasteiger partial charge in [0.05, 0.1) is 11.7 Å². The summed E-state index contributed by atoms with van der Waals surface area (Å²) in [7, 11) is 0. The summed E-state index contributed by atoms with van der Waals surface area (Å²) in [6.45, 7) is 5.44. The predicted molar refractivity (Wildman–Crippen MR) is 70.6 cm³/mol. The Morgan fingerprint density at radius 2 is 2.33 bits per heavy atom. The molecule has 2 heterocycles. The van der Waals surface area contributed by atoms with Gasteiger partial charge in [-0.2, -0.15) is 0 Å². The molecule has 2 rings (SSSR count). The van der Waals surface area contributed by atoms with E-state index in [1.807, 2.05) is 6.92 Å². The quantitative estimate of drug-likeness (QED) is 0.833. The molecule has 0 aromatic carbocycles. The highest BCUT2D eigenvalue weighted by molar-refractivity contribution is 5.95. The monoisotopic (exact) mass is 249 g/mol. The van der Waals surface area contributed by atoms with Crippen LogP contribution < -0.4 is 16.2 Å². The third-order valence-corrected chi connectivity index (χ3v) is 3.41. The molecular formula is C13H19N3O2. The molecule has 1 amide bonds. The van der Waals surface area contributed by atoms with Crippen LogP contribution in [0.15, 0.2) is 23.1 Å². The normalized spacial score (nSPS) is 23.0. The maximum Gasteiger partial charge on any atom is 0.250 e. The van der Waals surface area contributed by atoms with Crippen molar-refractivity contribution in [3.63, 3.8) is 0 Å². The summed E-state index contributed by atoms with van der Waals surface area (Å²) in [5, 5.41) is 6.04. The number of nitrogens with zero attached hydrogens (tertiary/aromatic N) is 1. The second kappa shape index (κ2) is 5.35. The third-order valence-electron chi connectivity index (χ3n) is 3.41. The van der Waals surface area contributed by atoms with Crippen molar-refractivity contribution in [2.45, 2.75) is 32.9 Å². The van der Waals surface area contributed by atoms with Crippen molar-refractivity contribution in [3.05, 3.63) is 28.7 Å². The van der Waals surface area contributed by atoms with Gasteiger partial charge in [0.1, 0.15) is 0 Å². The van der Waals surface area contributed by atoms with Gasteiger partial charge in [0.2, 0.25) is 5.91 Å². The van der Waals surface area contributed by atoms with Crippen molar-refractivity contribution in [1.82, 2.24) is 9.88 Å². The van der Waals surface area contributed by atoms with E-state index >= 15 is 0 Å². The predicted octanol–water partition coefficient (Wildman–Crippen LogP) is 0.805. The first-order valence-corrected chi connectivity index (χ1v) is 6.36. The Morgan fingerprint density at radius 1 is 1.56 bits per heavy atom. The summed E-state index contributed by atoms with van der Waals surface area (Å²) < 4.78 is 1.57. The van der Waals surface area contributed by atoms with Gasteiger partial charge in [0, 0.05) is 18.8 Å². The smallest absolute Gasteiger partial charge is 0.250 e. The molecule has 98 valence electrons. The Labute approximate surface area is 106 Å². The Kier molecular flexibility index (Phi) is 3.81. The van der Waals surface area contributed by atoms with Gasteiger partial charge < -0.3 is 15.2 Å². The molecule has 1 aliphatic rings. The van der Waals surface area contributed by atoms with Crippen molar-refractivity contribution in [2.24, 2.45) is 5.92 Å². The fraction of sp³-hybridized carbons (Fsp3) is 0.538. The van der Waals surface area contributed by atoms with E-state index in [2.05, 4.69) is 17.6 Å². The van der Waals surface area contributed by atoms with Crippen LogP contribution >= 0.6 is 0 Å². The van der Waals surface area contributed by atoms with Gasteiger partial charge in [-0.25, -0.2) is 0 Å². The Morgan fingerprint density at radius 3 is 2.94 bits per heavy atom. The zero-order chi connectivity index (χ0) is 13.1. The molecule has 1 aliphatic heterocycles. The second-order valence-electron chi connectivity index (χ2n) is 4.73. The first-order chi connectivity index (χ1) is 8.61. The van der Waals surface area contributed by atoms with Crippen molar-refractivity contribution in [2.75, 3.05) is 11.9 Å². The van der Waals surface area contributed by atoms with Crippen LogP contribution in [0, 0.1) is 5.92 Å². The minimum absolute atomic E-state index is 0.0266. The molecular weight excluding hydrogens is 230 g/mol. The second-order valence-corrected chi connectivity index (χ2v) is 4.73. The molecule has 5 nitrogen and oxygen atoms in total. The van der Waals surface area contributed by atoms with Crippen LogP contribution in [-0.4, -0.2) is 23.1 Å². The fourth-order valence-electron chi connectivity index (χ4n) is 2.26. The molecule has 1 aromatic rings. The maximum atomic E-state index is 12.0. The summed E-state index contributed by atoms with van der Waals surface area (Å²) in [5.41, 5.74) is 0.616. The lowest BCUT2D eigenvalue weighted by Gasteiger charge is -2.15. The average molecular weight is 249 g/mol. The van der Waals surface area contributed by atoms with Crippen LogP contribution in [0.1, 0.15) is 20.3 Å². The molecule has 1 fully saturated rings. The molecule has 1 saturated heterocycles. The molecule has 18 heavy (non-hydrogen) atoms. The molecule has 0 bridgehead atoms. The summed E-state index contributed by atoms with van der Waals surface area (Å²) in [6, 6.07) is 2.99. The maximum absolute atomic E-state index is 12.0. The van der Waals surface area contributed by atoms with Gasteiger partial charge in [-0.05, 0) is 31.9 Å². The largest absolute Gasteiger partial charge is 0.323 e. The molecule has 2 atom stereocenters. The van der Waals surface area contributed by atoms with Gasteiger partial charge in [-0.3, -0.25) is 9.59 Å². The topological polar surface area (TPSA) is 63.1 Å². The Hall–Kier alpha value is -1.62. The standard InChI is InChI=1S/C13H19N3O2/c1-3-16-8-10(4-5-11(16)17)15-13(18)12-9(2)6-7-14-12/h4-5,8-9,12,14H,3,6-7H2,1-2H3,(H,15,18). The van der Waals surface area contributed by atoms with Crippen LogP contribution in [0.2, 0.25) is 0 Å². The first-order valence-electron chi connectivity index (χ1n) is 6.36. The van der Waals surface area contributed by atoms with Crippen molar-refractivity contribution in [1.29, 1.82) is 0 Å². The van der Waals surface area contributed by atoms with Crippen LogP contribution in [0.4, 0.5) is 5.69 Å². The molecule has 2 unspecified atom stereocenters. The number of anilines is 1. The zero-order valence-electron chi connectivity index (χ0n) is 10.8. The Bertz CT molecular complexity index is 495. The number of amides is 1. The van der Waals surface area contributed by atoms with E-state index in [9.17, 15) is 9.59 Å². The van der Waals surface area contributed by atoms with E-state index in [4.69, 9.17) is 0 Å². The number of rotatable bonds is 3. The van der Waals surface area contributed by atoms with Crippen molar-refractivity contribution in [3.8, 4) is 0 Å². The lowest BCUT2D eigenvalue weighted by Crippen LogP contribution is -2.39. The van der Waals surface area contributed by atoms with Crippen LogP contribution in [-0.2, 0) is 11.3 Å². The van der Waals surface area contributed by atoms with Gasteiger partial charge in [0.25, 0.3) is 5.56 Å². The summed E-state index contributed by atoms with van der Waals surface area (Å²) in [5.74, 6) is 0.323. The van der Waals surface area contributed by atoms with E-state index in [-0.39, 0.29) is 17.5 Å². The van der Waals surface area contributed by atoms with E-state index < -0.39 is 0 Å². The van der Waals surface area contributed by atoms with Gasteiger partial charge >= 0.3 is 0 Å². The number of carbonyl (C=O) groups is 1. The average Bonchev–Trinajstić information content (AvgIpc) is 2.78. The minimum atomic E-state index is -0.132. The third kappa shape index (κ3) is 2.61. The molecule has 0 saturated carbocycles. The van der Waals surface area contributed by atoms with Gasteiger partial charge in [0.15, 0.2) is 0 Å². The van der Waals surface area contributed by atoms with Gasteiger partial charge in [-0.1, -0.05) is 6.92 Å². The summed E-state index contributed by atoms with van der Waals surface area (Å²) in [6.07, 6.45) is 2.70. The van der Waals surface area contributed by atoms with Crippen LogP contribution in [0.25, 0.3) is 0 Å². The molecule has 0 aliphatic carbocycles. The van der Waals surface area contributed by atoms with E-state index in [1.54, 1.807) is 16.8 Å².